The lowest BCUT2D eigenvalue weighted by Gasteiger charge is -2.18. The molecule has 1 aliphatic rings. The normalized spacial score (nSPS) is 15.6. The van der Waals surface area contributed by atoms with E-state index < -0.39 is 10.0 Å². The van der Waals surface area contributed by atoms with Crippen LogP contribution in [0.4, 0.5) is 0 Å². The third kappa shape index (κ3) is 4.40. The van der Waals surface area contributed by atoms with Crippen molar-refractivity contribution >= 4 is 21.6 Å². The fourth-order valence-electron chi connectivity index (χ4n) is 1.89. The Hall–Kier alpha value is -0.660. The molecule has 0 amide bonds. The van der Waals surface area contributed by atoms with Crippen LogP contribution in [0.2, 0.25) is 5.02 Å². The fraction of sp³-hybridized carbons (Fsp3) is 0.571. The van der Waals surface area contributed by atoms with E-state index >= 15 is 0 Å². The zero-order valence-corrected chi connectivity index (χ0v) is 13.7. The first-order chi connectivity index (χ1) is 9.95. The Kier molecular flexibility index (Phi) is 5.62. The van der Waals surface area contributed by atoms with Crippen LogP contribution in [-0.2, 0) is 21.3 Å². The molecule has 0 saturated heterocycles. The molecular formula is C14H21ClN2O3S. The molecule has 0 atom stereocenters. The summed E-state index contributed by atoms with van der Waals surface area (Å²) in [5, 5.41) is 0.206. The number of benzene rings is 1. The molecule has 21 heavy (non-hydrogen) atoms. The minimum Gasteiger partial charge on any atom is -0.380 e. The average molecular weight is 333 g/mol. The quantitative estimate of drug-likeness (QED) is 0.737. The van der Waals surface area contributed by atoms with Crippen LogP contribution in [0.25, 0.3) is 0 Å². The molecule has 0 spiro atoms. The first kappa shape index (κ1) is 16.7. The number of rotatable bonds is 8. The van der Waals surface area contributed by atoms with E-state index in [1.807, 2.05) is 0 Å². The Labute approximate surface area is 131 Å². The van der Waals surface area contributed by atoms with E-state index in [4.69, 9.17) is 22.1 Å². The van der Waals surface area contributed by atoms with Crippen LogP contribution in [0, 0.1) is 5.92 Å². The first-order valence-electron chi connectivity index (χ1n) is 6.97. The summed E-state index contributed by atoms with van der Waals surface area (Å²) < 4.78 is 31.8. The van der Waals surface area contributed by atoms with Crippen LogP contribution in [-0.4, -0.2) is 39.5 Å². The van der Waals surface area contributed by atoms with Gasteiger partial charge < -0.3 is 10.5 Å². The topological polar surface area (TPSA) is 72.6 Å². The highest BCUT2D eigenvalue weighted by molar-refractivity contribution is 7.89. The molecule has 2 rings (SSSR count). The number of nitrogens with two attached hydrogens (primary N) is 1. The molecule has 0 heterocycles. The molecule has 5 nitrogen and oxygen atoms in total. The van der Waals surface area contributed by atoms with E-state index in [2.05, 4.69) is 0 Å². The van der Waals surface area contributed by atoms with Crippen LogP contribution in [0.5, 0.6) is 0 Å². The van der Waals surface area contributed by atoms with E-state index in [9.17, 15) is 8.42 Å². The van der Waals surface area contributed by atoms with Gasteiger partial charge in [0.15, 0.2) is 0 Å². The van der Waals surface area contributed by atoms with Gasteiger partial charge in [-0.2, -0.15) is 4.31 Å². The number of hydrogen-bond donors (Lipinski definition) is 1. The molecule has 1 aromatic carbocycles. The molecule has 118 valence electrons. The molecule has 7 heteroatoms. The van der Waals surface area contributed by atoms with Gasteiger partial charge in [-0.25, -0.2) is 8.42 Å². The van der Waals surface area contributed by atoms with Gasteiger partial charge in [-0.15, -0.1) is 0 Å². The maximum atomic E-state index is 12.5. The molecular weight excluding hydrogens is 312 g/mol. The minimum atomic E-state index is -3.62. The predicted molar refractivity (Wildman–Crippen MR) is 82.7 cm³/mol. The van der Waals surface area contributed by atoms with Crippen molar-refractivity contribution in [2.24, 2.45) is 11.7 Å². The summed E-state index contributed by atoms with van der Waals surface area (Å²) >= 11 is 6.02. The highest BCUT2D eigenvalue weighted by Crippen LogP contribution is 2.29. The Balaban J connectivity index is 2.01. The Morgan fingerprint density at radius 1 is 1.43 bits per heavy atom. The lowest BCUT2D eigenvalue weighted by molar-refractivity contribution is 0.117. The first-order valence-corrected chi connectivity index (χ1v) is 8.79. The summed E-state index contributed by atoms with van der Waals surface area (Å²) in [6.07, 6.45) is 2.44. The van der Waals surface area contributed by atoms with Gasteiger partial charge in [-0.1, -0.05) is 17.7 Å². The summed E-state index contributed by atoms with van der Waals surface area (Å²) in [6, 6.07) is 4.81. The summed E-state index contributed by atoms with van der Waals surface area (Å²) in [5.74, 6) is 0.669. The van der Waals surface area contributed by atoms with Crippen molar-refractivity contribution in [3.8, 4) is 0 Å². The molecule has 0 aliphatic heterocycles. The monoisotopic (exact) mass is 332 g/mol. The molecule has 1 saturated carbocycles. The summed E-state index contributed by atoms with van der Waals surface area (Å²) in [4.78, 5) is 0.0943. The third-order valence-corrected chi connectivity index (χ3v) is 5.86. The molecule has 1 aliphatic carbocycles. The SMILES string of the molecule is CN(CCOCC1CC1)S(=O)(=O)c1cc(CN)ccc1Cl. The van der Waals surface area contributed by atoms with Gasteiger partial charge in [0, 0.05) is 26.7 Å². The molecule has 0 unspecified atom stereocenters. The lowest BCUT2D eigenvalue weighted by Crippen LogP contribution is -2.30. The summed E-state index contributed by atoms with van der Waals surface area (Å²) in [5.41, 5.74) is 6.28. The van der Waals surface area contributed by atoms with Crippen LogP contribution in [0.3, 0.4) is 0 Å². The highest BCUT2D eigenvalue weighted by Gasteiger charge is 2.24. The number of halogens is 1. The highest BCUT2D eigenvalue weighted by atomic mass is 35.5. The summed E-state index contributed by atoms with van der Waals surface area (Å²) in [6.45, 7) is 1.68. The smallest absolute Gasteiger partial charge is 0.244 e. The van der Waals surface area contributed by atoms with Crippen molar-refractivity contribution in [2.75, 3.05) is 26.8 Å². The van der Waals surface area contributed by atoms with Crippen molar-refractivity contribution in [3.05, 3.63) is 28.8 Å². The molecule has 0 aromatic heterocycles. The molecule has 1 fully saturated rings. The predicted octanol–water partition coefficient (Wildman–Crippen LogP) is 1.85. The second-order valence-corrected chi connectivity index (χ2v) is 7.73. The van der Waals surface area contributed by atoms with E-state index in [1.165, 1.54) is 30.3 Å². The van der Waals surface area contributed by atoms with E-state index in [-0.39, 0.29) is 16.5 Å². The maximum Gasteiger partial charge on any atom is 0.244 e. The van der Waals surface area contributed by atoms with Crippen molar-refractivity contribution < 1.29 is 13.2 Å². The Morgan fingerprint density at radius 2 is 2.14 bits per heavy atom. The molecule has 0 radical (unpaired) electrons. The van der Waals surface area contributed by atoms with Crippen LogP contribution in [0.15, 0.2) is 23.1 Å². The van der Waals surface area contributed by atoms with Gasteiger partial charge in [0.1, 0.15) is 4.90 Å². The fourth-order valence-corrected chi connectivity index (χ4v) is 3.56. The third-order valence-electron chi connectivity index (χ3n) is 3.52. The number of nitrogens with zero attached hydrogens (tertiary/aromatic N) is 1. The van der Waals surface area contributed by atoms with Crippen LogP contribution >= 0.6 is 11.6 Å². The second kappa shape index (κ2) is 7.07. The Morgan fingerprint density at radius 3 is 2.76 bits per heavy atom. The standard InChI is InChI=1S/C14H21ClN2O3S/c1-17(6-7-20-10-11-2-3-11)21(18,19)14-8-12(9-16)4-5-13(14)15/h4-5,8,11H,2-3,6-7,9-10,16H2,1H3. The summed E-state index contributed by atoms with van der Waals surface area (Å²) in [7, 11) is -2.09. The zero-order valence-electron chi connectivity index (χ0n) is 12.1. The average Bonchev–Trinajstić information content (AvgIpc) is 3.27. The van der Waals surface area contributed by atoms with E-state index in [1.54, 1.807) is 12.1 Å². The van der Waals surface area contributed by atoms with E-state index in [0.29, 0.717) is 19.1 Å². The van der Waals surface area contributed by atoms with Crippen molar-refractivity contribution in [2.45, 2.75) is 24.3 Å². The number of ether oxygens (including phenoxy) is 1. The zero-order chi connectivity index (χ0) is 15.5. The largest absolute Gasteiger partial charge is 0.380 e. The van der Waals surface area contributed by atoms with Gasteiger partial charge >= 0.3 is 0 Å². The molecule has 2 N–H and O–H groups in total. The van der Waals surface area contributed by atoms with Crippen molar-refractivity contribution in [1.82, 2.24) is 4.31 Å². The van der Waals surface area contributed by atoms with Gasteiger partial charge in [-0.05, 0) is 36.5 Å². The number of hydrogen-bond acceptors (Lipinski definition) is 4. The lowest BCUT2D eigenvalue weighted by atomic mass is 10.2. The maximum absolute atomic E-state index is 12.5. The van der Waals surface area contributed by atoms with E-state index in [0.717, 1.165) is 12.2 Å². The van der Waals surface area contributed by atoms with Gasteiger partial charge in [0.05, 0.1) is 11.6 Å². The molecule has 0 bridgehead atoms. The number of likely N-dealkylation sites (N-methyl/N-ethyl adjacent to an activating group) is 1. The van der Waals surface area contributed by atoms with Gasteiger partial charge in [-0.3, -0.25) is 0 Å². The Bertz CT molecular complexity index is 588. The van der Waals surface area contributed by atoms with Crippen molar-refractivity contribution in [3.63, 3.8) is 0 Å². The van der Waals surface area contributed by atoms with Crippen molar-refractivity contribution in [1.29, 1.82) is 0 Å². The van der Waals surface area contributed by atoms with Crippen LogP contribution in [0.1, 0.15) is 18.4 Å². The number of sulfonamides is 1. The second-order valence-electron chi connectivity index (χ2n) is 5.31. The van der Waals surface area contributed by atoms with Gasteiger partial charge in [0.2, 0.25) is 10.0 Å². The molecule has 1 aromatic rings. The minimum absolute atomic E-state index is 0.0943. The van der Waals surface area contributed by atoms with Gasteiger partial charge in [0.25, 0.3) is 0 Å². The van der Waals surface area contributed by atoms with Crippen LogP contribution < -0.4 is 5.73 Å².